The molecule has 2 saturated carbocycles. The molecule has 5 rings (SSSR count). The third-order valence-electron chi connectivity index (χ3n) is 6.20. The first-order valence-electron chi connectivity index (χ1n) is 10.9. The Morgan fingerprint density at radius 3 is 2.45 bits per heavy atom. The van der Waals surface area contributed by atoms with E-state index in [0.717, 1.165) is 30.1 Å². The monoisotopic (exact) mass is 471 g/mol. The molecule has 6 nitrogen and oxygen atoms in total. The van der Waals surface area contributed by atoms with Gasteiger partial charge in [0.1, 0.15) is 0 Å². The van der Waals surface area contributed by atoms with Gasteiger partial charge in [0.05, 0.1) is 16.9 Å². The summed E-state index contributed by atoms with van der Waals surface area (Å²) in [6, 6.07) is 8.65. The first-order valence-corrected chi connectivity index (χ1v) is 12.8. The summed E-state index contributed by atoms with van der Waals surface area (Å²) in [5.74, 6) is -4.36. The molecule has 1 aromatic carbocycles. The van der Waals surface area contributed by atoms with Crippen LogP contribution >= 0.6 is 0 Å². The predicted molar refractivity (Wildman–Crippen MR) is 122 cm³/mol. The number of nitrogens with zero attached hydrogens (tertiary/aromatic N) is 3. The first kappa shape index (κ1) is 21.9. The summed E-state index contributed by atoms with van der Waals surface area (Å²) in [5, 5.41) is 1.25. The van der Waals surface area contributed by atoms with Crippen molar-refractivity contribution in [1.29, 1.82) is 0 Å². The minimum Gasteiger partial charge on any atom is -0.307 e. The Labute approximate surface area is 189 Å². The van der Waals surface area contributed by atoms with Gasteiger partial charge >= 0.3 is 5.92 Å². The van der Waals surface area contributed by atoms with Crippen molar-refractivity contribution in [3.05, 3.63) is 70.4 Å². The van der Waals surface area contributed by atoms with Gasteiger partial charge in [-0.3, -0.25) is 4.79 Å². The Morgan fingerprint density at radius 2 is 1.85 bits per heavy atom. The third kappa shape index (κ3) is 4.34. The van der Waals surface area contributed by atoms with E-state index in [-0.39, 0.29) is 16.8 Å². The smallest absolute Gasteiger partial charge is 0.307 e. The van der Waals surface area contributed by atoms with Crippen LogP contribution in [0.2, 0.25) is 0 Å². The third-order valence-corrected chi connectivity index (χ3v) is 6.85. The Balaban J connectivity index is 1.74. The van der Waals surface area contributed by atoms with E-state index >= 15 is 0 Å². The topological polar surface area (TPSA) is 81.9 Å². The van der Waals surface area contributed by atoms with Gasteiger partial charge in [-0.15, -0.1) is 0 Å². The molecule has 1 unspecified atom stereocenters. The lowest BCUT2D eigenvalue weighted by Crippen LogP contribution is -2.27. The maximum Gasteiger partial charge on any atom is 0.309 e. The molecule has 9 heteroatoms. The molecule has 172 valence electrons. The lowest BCUT2D eigenvalue weighted by atomic mass is 10.0. The summed E-state index contributed by atoms with van der Waals surface area (Å²) in [6.45, 7) is 0. The number of alkyl halides is 2. The molecule has 1 atom stereocenters. The van der Waals surface area contributed by atoms with E-state index in [1.54, 1.807) is 6.20 Å². The Morgan fingerprint density at radius 1 is 1.15 bits per heavy atom. The van der Waals surface area contributed by atoms with E-state index < -0.39 is 39.1 Å². The summed E-state index contributed by atoms with van der Waals surface area (Å²) in [5.41, 5.74) is 0.992. The number of hydrogen-bond acceptors (Lipinski definition) is 5. The van der Waals surface area contributed by atoms with E-state index in [2.05, 4.69) is 9.97 Å². The Hall–Kier alpha value is -2.94. The molecule has 33 heavy (non-hydrogen) atoms. The van der Waals surface area contributed by atoms with E-state index in [4.69, 9.17) is 0 Å². The van der Waals surface area contributed by atoms with Crippen LogP contribution < -0.4 is 5.56 Å². The van der Waals surface area contributed by atoms with Crippen molar-refractivity contribution in [2.45, 2.75) is 37.6 Å². The molecule has 0 aliphatic heterocycles. The van der Waals surface area contributed by atoms with Gasteiger partial charge in [0, 0.05) is 35.5 Å². The second kappa shape index (κ2) is 7.83. The highest BCUT2D eigenvalue weighted by Gasteiger charge is 2.50. The number of fused-ring (bicyclic) bond motifs is 1. The normalized spacial score (nSPS) is 18.2. The fourth-order valence-electron chi connectivity index (χ4n) is 4.12. The average Bonchev–Trinajstić information content (AvgIpc) is 3.68. The number of pyridine rings is 1. The molecule has 3 aromatic rings. The van der Waals surface area contributed by atoms with Crippen LogP contribution in [0, 0.1) is 11.8 Å². The zero-order valence-corrected chi connectivity index (χ0v) is 18.8. The van der Waals surface area contributed by atoms with Crippen molar-refractivity contribution >= 4 is 20.7 Å². The van der Waals surface area contributed by atoms with Gasteiger partial charge in [-0.25, -0.2) is 18.4 Å². The Bertz CT molecular complexity index is 1410. The molecule has 2 aliphatic carbocycles. The second-order valence-corrected chi connectivity index (χ2v) is 10.9. The molecular formula is C24H23F2N3O3S. The SMILES string of the molecule is CS(=O)(=O)/C=C/C(C1CC1)n1cc(-c2ccccc2)c2nc(C(F)(F)C3CC3)ncc2c1=O. The molecule has 2 aromatic heterocycles. The first-order chi connectivity index (χ1) is 15.6. The van der Waals surface area contributed by atoms with Gasteiger partial charge in [0.2, 0.25) is 0 Å². The van der Waals surface area contributed by atoms with Crippen LogP contribution in [0.3, 0.4) is 0 Å². The van der Waals surface area contributed by atoms with Gasteiger partial charge in [0.15, 0.2) is 15.7 Å². The average molecular weight is 472 g/mol. The van der Waals surface area contributed by atoms with E-state index in [0.29, 0.717) is 18.4 Å². The van der Waals surface area contributed by atoms with Gasteiger partial charge in [-0.05, 0) is 37.2 Å². The maximum atomic E-state index is 14.8. The number of rotatable bonds is 7. The lowest BCUT2D eigenvalue weighted by Gasteiger charge is -2.20. The van der Waals surface area contributed by atoms with Crippen molar-refractivity contribution in [3.63, 3.8) is 0 Å². The number of allylic oxidation sites excluding steroid dienone is 1. The zero-order valence-electron chi connectivity index (χ0n) is 18.0. The summed E-state index contributed by atoms with van der Waals surface area (Å²) < 4.78 is 54.5. The highest BCUT2D eigenvalue weighted by atomic mass is 32.2. The van der Waals surface area contributed by atoms with E-state index in [1.165, 1.54) is 16.8 Å². The number of aromatic nitrogens is 3. The van der Waals surface area contributed by atoms with Crippen LogP contribution in [-0.4, -0.2) is 29.2 Å². The van der Waals surface area contributed by atoms with Crippen molar-refractivity contribution in [2.24, 2.45) is 11.8 Å². The molecule has 0 saturated heterocycles. The van der Waals surface area contributed by atoms with Crippen LogP contribution in [0.15, 0.2) is 59.0 Å². The van der Waals surface area contributed by atoms with Crippen LogP contribution in [0.25, 0.3) is 22.0 Å². The predicted octanol–water partition coefficient (Wildman–Crippen LogP) is 4.47. The standard InChI is InChI=1S/C24H23F2N3O3S/c1-33(31,32)12-11-20(16-7-8-16)29-14-19(15-5-3-2-4-6-15)21-18(22(29)30)13-27-23(28-21)24(25,26)17-9-10-17/h2-6,11-14,16-17,20H,7-10H2,1H3/b12-11+. The number of hydrogen-bond donors (Lipinski definition) is 0. The summed E-state index contributed by atoms with van der Waals surface area (Å²) in [6.07, 6.45) is 8.02. The van der Waals surface area contributed by atoms with E-state index in [9.17, 15) is 22.0 Å². The van der Waals surface area contributed by atoms with Gasteiger partial charge in [-0.2, -0.15) is 8.78 Å². The van der Waals surface area contributed by atoms with Crippen LogP contribution in [0.1, 0.15) is 37.5 Å². The summed E-state index contributed by atoms with van der Waals surface area (Å²) >= 11 is 0. The molecule has 0 amide bonds. The van der Waals surface area contributed by atoms with Crippen LogP contribution in [0.4, 0.5) is 8.78 Å². The minimum atomic E-state index is -3.38. The lowest BCUT2D eigenvalue weighted by molar-refractivity contribution is -0.0371. The number of benzene rings is 1. The summed E-state index contributed by atoms with van der Waals surface area (Å²) in [7, 11) is -3.38. The van der Waals surface area contributed by atoms with Crippen molar-refractivity contribution < 1.29 is 17.2 Å². The van der Waals surface area contributed by atoms with Gasteiger partial charge in [-0.1, -0.05) is 36.4 Å². The highest BCUT2D eigenvalue weighted by molar-refractivity contribution is 7.93. The number of halogens is 2. The van der Waals surface area contributed by atoms with Crippen LogP contribution in [0.5, 0.6) is 0 Å². The molecule has 0 spiro atoms. The largest absolute Gasteiger partial charge is 0.309 e. The fraction of sp³-hybridized carbons (Fsp3) is 0.375. The molecule has 2 fully saturated rings. The zero-order chi connectivity index (χ0) is 23.4. The van der Waals surface area contributed by atoms with Crippen molar-refractivity contribution in [1.82, 2.24) is 14.5 Å². The quantitative estimate of drug-likeness (QED) is 0.508. The van der Waals surface area contributed by atoms with Gasteiger partial charge < -0.3 is 4.57 Å². The highest BCUT2D eigenvalue weighted by Crippen LogP contribution is 2.49. The minimum absolute atomic E-state index is 0.126. The van der Waals surface area contributed by atoms with Crippen molar-refractivity contribution in [2.75, 3.05) is 6.26 Å². The molecule has 0 N–H and O–H groups in total. The molecule has 2 aliphatic rings. The number of sulfone groups is 1. The summed E-state index contributed by atoms with van der Waals surface area (Å²) in [4.78, 5) is 21.5. The molecule has 0 bridgehead atoms. The molecule has 0 radical (unpaired) electrons. The van der Waals surface area contributed by atoms with Gasteiger partial charge in [0.25, 0.3) is 5.56 Å². The molecular weight excluding hydrogens is 448 g/mol. The maximum absolute atomic E-state index is 14.8. The fourth-order valence-corrected chi connectivity index (χ4v) is 4.57. The van der Waals surface area contributed by atoms with E-state index in [1.807, 2.05) is 30.3 Å². The Kier molecular flexibility index (Phi) is 5.19. The molecule has 2 heterocycles. The second-order valence-electron chi connectivity index (χ2n) is 8.96. The van der Waals surface area contributed by atoms with Crippen molar-refractivity contribution in [3.8, 4) is 11.1 Å². The van der Waals surface area contributed by atoms with Crippen LogP contribution in [-0.2, 0) is 15.8 Å².